The third-order valence-corrected chi connectivity index (χ3v) is 4.91. The number of hydrogen-bond acceptors (Lipinski definition) is 5. The van der Waals surface area contributed by atoms with Crippen LogP contribution in [-0.4, -0.2) is 33.4 Å². The van der Waals surface area contributed by atoms with Crippen LogP contribution in [0.3, 0.4) is 0 Å². The van der Waals surface area contributed by atoms with Crippen molar-refractivity contribution in [1.29, 1.82) is 0 Å². The summed E-state index contributed by atoms with van der Waals surface area (Å²) in [4.78, 5) is 10.6. The number of halogens is 1. The van der Waals surface area contributed by atoms with Crippen LogP contribution in [0.1, 0.15) is 18.0 Å². The Morgan fingerprint density at radius 3 is 2.95 bits per heavy atom. The molecule has 1 heterocycles. The van der Waals surface area contributed by atoms with Crippen molar-refractivity contribution in [2.75, 3.05) is 18.9 Å². The van der Waals surface area contributed by atoms with E-state index in [9.17, 15) is 17.6 Å². The molecule has 0 radical (unpaired) electrons. The number of carbonyl (C=O) groups excluding carboxylic acids is 1. The van der Waals surface area contributed by atoms with Gasteiger partial charge in [0.2, 0.25) is 0 Å². The van der Waals surface area contributed by atoms with E-state index in [1.165, 1.54) is 12.1 Å². The fourth-order valence-electron chi connectivity index (χ4n) is 2.21. The topological polar surface area (TPSA) is 98.5 Å². The lowest BCUT2D eigenvalue weighted by molar-refractivity contribution is 0.156. The first-order chi connectivity index (χ1) is 9.40. The molecule has 0 bridgehead atoms. The number of hydrogen-bond donors (Lipinski definition) is 2. The lowest BCUT2D eigenvalue weighted by atomic mass is 10.0. The summed E-state index contributed by atoms with van der Waals surface area (Å²) in [6, 6.07) is 3.35. The number of amides is 1. The second kappa shape index (κ2) is 5.76. The maximum absolute atomic E-state index is 13.3. The van der Waals surface area contributed by atoms with Crippen LogP contribution in [-0.2, 0) is 14.6 Å². The van der Waals surface area contributed by atoms with Gasteiger partial charge in [0.25, 0.3) is 0 Å². The van der Waals surface area contributed by atoms with E-state index in [2.05, 4.69) is 10.1 Å². The molecule has 2 rings (SSSR count). The van der Waals surface area contributed by atoms with E-state index in [0.29, 0.717) is 18.5 Å². The Hall–Kier alpha value is -1.67. The third-order valence-electron chi connectivity index (χ3n) is 3.09. The first-order valence-corrected chi connectivity index (χ1v) is 7.73. The molecule has 1 atom stereocenters. The van der Waals surface area contributed by atoms with Gasteiger partial charge in [0.15, 0.2) is 9.84 Å². The zero-order chi connectivity index (χ0) is 14.8. The number of sulfone groups is 1. The van der Waals surface area contributed by atoms with E-state index < -0.39 is 21.7 Å². The SMILES string of the molecule is NC(=O)OCCNC1CCS(=O)(=O)c2ccc(F)cc21. The molecule has 0 saturated carbocycles. The Balaban J connectivity index is 2.13. The highest BCUT2D eigenvalue weighted by Gasteiger charge is 2.30. The largest absolute Gasteiger partial charge is 0.448 e. The molecule has 1 aromatic rings. The summed E-state index contributed by atoms with van der Waals surface area (Å²) in [5, 5.41) is 3.03. The Kier molecular flexibility index (Phi) is 4.24. The van der Waals surface area contributed by atoms with Gasteiger partial charge in [0.1, 0.15) is 12.4 Å². The Labute approximate surface area is 116 Å². The molecule has 1 amide bonds. The molecule has 1 unspecified atom stereocenters. The van der Waals surface area contributed by atoms with Gasteiger partial charge in [-0.15, -0.1) is 0 Å². The Morgan fingerprint density at radius 1 is 1.50 bits per heavy atom. The molecule has 8 heteroatoms. The number of fused-ring (bicyclic) bond motifs is 1. The van der Waals surface area contributed by atoms with Gasteiger partial charge >= 0.3 is 6.09 Å². The summed E-state index contributed by atoms with van der Waals surface area (Å²) in [6.45, 7) is 0.382. The Morgan fingerprint density at radius 2 is 2.25 bits per heavy atom. The molecule has 0 aliphatic carbocycles. The zero-order valence-electron chi connectivity index (χ0n) is 10.6. The first-order valence-electron chi connectivity index (χ1n) is 6.08. The molecular formula is C12H15FN2O4S. The molecular weight excluding hydrogens is 287 g/mol. The molecule has 110 valence electrons. The van der Waals surface area contributed by atoms with Gasteiger partial charge in [-0.1, -0.05) is 0 Å². The van der Waals surface area contributed by atoms with E-state index in [0.717, 1.165) is 6.07 Å². The van der Waals surface area contributed by atoms with E-state index in [1.54, 1.807) is 0 Å². The Bertz CT molecular complexity index is 618. The third kappa shape index (κ3) is 3.26. The van der Waals surface area contributed by atoms with Gasteiger partial charge in [0, 0.05) is 12.6 Å². The van der Waals surface area contributed by atoms with Crippen molar-refractivity contribution in [3.8, 4) is 0 Å². The fourth-order valence-corrected chi connectivity index (χ4v) is 3.81. The lowest BCUT2D eigenvalue weighted by Crippen LogP contribution is -2.32. The van der Waals surface area contributed by atoms with Gasteiger partial charge in [-0.25, -0.2) is 17.6 Å². The monoisotopic (exact) mass is 302 g/mol. The summed E-state index contributed by atoms with van der Waals surface area (Å²) in [7, 11) is -3.35. The van der Waals surface area contributed by atoms with E-state index in [1.807, 2.05) is 0 Å². The van der Waals surface area contributed by atoms with Crippen LogP contribution in [0, 0.1) is 5.82 Å². The summed E-state index contributed by atoms with van der Waals surface area (Å²) >= 11 is 0. The maximum Gasteiger partial charge on any atom is 0.404 e. The molecule has 3 N–H and O–H groups in total. The van der Waals surface area contributed by atoms with Crippen molar-refractivity contribution in [1.82, 2.24) is 5.32 Å². The number of primary amides is 1. The highest BCUT2D eigenvalue weighted by molar-refractivity contribution is 7.91. The quantitative estimate of drug-likeness (QED) is 0.631. The minimum atomic E-state index is -3.35. The van der Waals surface area contributed by atoms with Gasteiger partial charge in [-0.05, 0) is 30.2 Å². The summed E-state index contributed by atoms with van der Waals surface area (Å²) in [5.41, 5.74) is 5.24. The average molecular weight is 302 g/mol. The van der Waals surface area contributed by atoms with Crippen LogP contribution in [0.25, 0.3) is 0 Å². The van der Waals surface area contributed by atoms with Crippen LogP contribution in [0.5, 0.6) is 0 Å². The number of rotatable bonds is 4. The normalized spacial score (nSPS) is 20.1. The molecule has 20 heavy (non-hydrogen) atoms. The number of ether oxygens (including phenoxy) is 1. The van der Waals surface area contributed by atoms with Gasteiger partial charge < -0.3 is 15.8 Å². The van der Waals surface area contributed by atoms with Crippen molar-refractivity contribution in [3.05, 3.63) is 29.6 Å². The number of carbonyl (C=O) groups is 1. The minimum Gasteiger partial charge on any atom is -0.448 e. The van der Waals surface area contributed by atoms with Crippen LogP contribution in [0.4, 0.5) is 9.18 Å². The van der Waals surface area contributed by atoms with Crippen molar-refractivity contribution >= 4 is 15.9 Å². The predicted molar refractivity (Wildman–Crippen MR) is 69.3 cm³/mol. The molecule has 0 spiro atoms. The number of nitrogens with two attached hydrogens (primary N) is 1. The van der Waals surface area contributed by atoms with Gasteiger partial charge in [-0.3, -0.25) is 0 Å². The predicted octanol–water partition coefficient (Wildman–Crippen LogP) is 0.729. The maximum atomic E-state index is 13.3. The average Bonchev–Trinajstić information content (AvgIpc) is 2.36. The van der Waals surface area contributed by atoms with Crippen LogP contribution >= 0.6 is 0 Å². The van der Waals surface area contributed by atoms with Gasteiger partial charge in [0.05, 0.1) is 10.6 Å². The molecule has 6 nitrogen and oxygen atoms in total. The minimum absolute atomic E-state index is 0.0000242. The smallest absolute Gasteiger partial charge is 0.404 e. The lowest BCUT2D eigenvalue weighted by Gasteiger charge is -2.26. The molecule has 0 fully saturated rings. The fraction of sp³-hybridized carbons (Fsp3) is 0.417. The molecule has 0 aromatic heterocycles. The van der Waals surface area contributed by atoms with E-state index in [-0.39, 0.29) is 23.3 Å². The molecule has 0 saturated heterocycles. The molecule has 1 aliphatic heterocycles. The van der Waals surface area contributed by atoms with Crippen LogP contribution < -0.4 is 11.1 Å². The van der Waals surface area contributed by atoms with Crippen molar-refractivity contribution in [2.24, 2.45) is 5.73 Å². The second-order valence-corrected chi connectivity index (χ2v) is 6.54. The summed E-state index contributed by atoms with van der Waals surface area (Å²) in [5.74, 6) is -0.485. The molecule has 1 aliphatic rings. The van der Waals surface area contributed by atoms with Crippen molar-refractivity contribution < 1.29 is 22.3 Å². The van der Waals surface area contributed by atoms with Crippen molar-refractivity contribution in [3.63, 3.8) is 0 Å². The number of benzene rings is 1. The van der Waals surface area contributed by atoms with E-state index in [4.69, 9.17) is 5.73 Å². The van der Waals surface area contributed by atoms with Crippen LogP contribution in [0.2, 0.25) is 0 Å². The first kappa shape index (κ1) is 14.7. The van der Waals surface area contributed by atoms with Crippen LogP contribution in [0.15, 0.2) is 23.1 Å². The van der Waals surface area contributed by atoms with Crippen molar-refractivity contribution in [2.45, 2.75) is 17.4 Å². The second-order valence-electron chi connectivity index (χ2n) is 4.46. The van der Waals surface area contributed by atoms with E-state index >= 15 is 0 Å². The highest BCUT2D eigenvalue weighted by atomic mass is 32.2. The highest BCUT2D eigenvalue weighted by Crippen LogP contribution is 2.32. The summed E-state index contributed by atoms with van der Waals surface area (Å²) < 4.78 is 41.7. The summed E-state index contributed by atoms with van der Waals surface area (Å²) in [6.07, 6.45) is -0.528. The zero-order valence-corrected chi connectivity index (χ0v) is 11.5. The number of nitrogens with one attached hydrogen (secondary N) is 1. The molecule has 1 aromatic carbocycles. The standard InChI is InChI=1S/C12H15FN2O4S/c13-8-1-2-11-9(7-8)10(3-6-20(11,17)18)15-4-5-19-12(14)16/h1-2,7,10,15H,3-6H2,(H2,14,16). The van der Waals surface area contributed by atoms with Gasteiger partial charge in [-0.2, -0.15) is 0 Å².